The zero-order valence-corrected chi connectivity index (χ0v) is 22.8. The number of carboxylic acid groups (broad SMARTS) is 1. The molecule has 0 unspecified atom stereocenters. The lowest BCUT2D eigenvalue weighted by atomic mass is 10.0. The number of nitrogens with zero attached hydrogens (tertiary/aromatic N) is 1. The summed E-state index contributed by atoms with van der Waals surface area (Å²) in [5.74, 6) is -0.799. The zero-order valence-electron chi connectivity index (χ0n) is 20.4. The molecule has 3 aromatic carbocycles. The van der Waals surface area contributed by atoms with Gasteiger partial charge in [0, 0.05) is 42.3 Å². The average molecular weight is 592 g/mol. The van der Waals surface area contributed by atoms with Gasteiger partial charge in [0.05, 0.1) is 11.6 Å². The highest BCUT2D eigenvalue weighted by Gasteiger charge is 2.19. The summed E-state index contributed by atoms with van der Waals surface area (Å²) in [7, 11) is 3.23. The number of likely N-dealkylation sites (N-methyl/N-ethyl adjacent to an activating group) is 1. The smallest absolute Gasteiger partial charge is 0.323 e. The molecule has 10 heteroatoms. The quantitative estimate of drug-likeness (QED) is 0.287. The van der Waals surface area contributed by atoms with Gasteiger partial charge < -0.3 is 24.6 Å². The summed E-state index contributed by atoms with van der Waals surface area (Å²) >= 11 is 10.2. The minimum atomic E-state index is -1.19. The molecule has 0 aromatic heterocycles. The van der Waals surface area contributed by atoms with Crippen molar-refractivity contribution in [1.29, 1.82) is 0 Å². The van der Waals surface area contributed by atoms with Crippen LogP contribution in [0, 0.1) is 0 Å². The molecular weight excluding hydrogens is 564 g/mol. The van der Waals surface area contributed by atoms with Crippen LogP contribution in [0.15, 0.2) is 65.1 Å². The van der Waals surface area contributed by atoms with Crippen LogP contribution < -0.4 is 14.8 Å². The van der Waals surface area contributed by atoms with Crippen LogP contribution in [0.1, 0.15) is 11.1 Å². The van der Waals surface area contributed by atoms with Crippen LogP contribution in [0.3, 0.4) is 0 Å². The second-order valence-electron chi connectivity index (χ2n) is 8.35. The maximum atomic E-state index is 12.1. The summed E-state index contributed by atoms with van der Waals surface area (Å²) in [5, 5.41) is 21.5. The van der Waals surface area contributed by atoms with Crippen LogP contribution in [0.5, 0.6) is 11.5 Å². The van der Waals surface area contributed by atoms with E-state index < -0.39 is 18.6 Å². The van der Waals surface area contributed by atoms with Crippen molar-refractivity contribution in [3.63, 3.8) is 0 Å². The largest absolute Gasteiger partial charge is 0.487 e. The van der Waals surface area contributed by atoms with Crippen LogP contribution >= 0.6 is 27.5 Å². The van der Waals surface area contributed by atoms with E-state index in [0.29, 0.717) is 17.1 Å². The van der Waals surface area contributed by atoms with Crippen molar-refractivity contribution in [1.82, 2.24) is 10.2 Å². The Morgan fingerprint density at radius 2 is 1.76 bits per heavy atom. The number of halogens is 2. The molecule has 37 heavy (non-hydrogen) atoms. The minimum Gasteiger partial charge on any atom is -0.487 e. The first-order valence-corrected chi connectivity index (χ1v) is 12.6. The number of nitrogens with one attached hydrogen (secondary N) is 1. The van der Waals surface area contributed by atoms with Crippen molar-refractivity contribution in [2.24, 2.45) is 0 Å². The van der Waals surface area contributed by atoms with Gasteiger partial charge in [0.1, 0.15) is 24.1 Å². The number of carbonyl (C=O) groups is 2. The summed E-state index contributed by atoms with van der Waals surface area (Å²) in [5.41, 5.74) is 3.50. The van der Waals surface area contributed by atoms with Crippen LogP contribution in [0.4, 0.5) is 0 Å². The summed E-state index contributed by atoms with van der Waals surface area (Å²) in [6.07, 6.45) is 0. The lowest BCUT2D eigenvalue weighted by molar-refractivity contribution is -0.140. The first kappa shape index (κ1) is 28.5. The van der Waals surface area contributed by atoms with E-state index in [-0.39, 0.29) is 30.7 Å². The van der Waals surface area contributed by atoms with E-state index in [1.165, 1.54) is 4.90 Å². The molecule has 0 spiro atoms. The third kappa shape index (κ3) is 7.69. The second-order valence-corrected chi connectivity index (χ2v) is 9.56. The van der Waals surface area contributed by atoms with Crippen molar-refractivity contribution in [2.75, 3.05) is 27.3 Å². The molecule has 3 aromatic rings. The van der Waals surface area contributed by atoms with Gasteiger partial charge in [0.25, 0.3) is 5.91 Å². The van der Waals surface area contributed by atoms with Crippen molar-refractivity contribution >= 4 is 39.4 Å². The fourth-order valence-electron chi connectivity index (χ4n) is 3.38. The molecule has 0 heterocycles. The SMILES string of the molecule is CN(C)C(=O)COc1cc(OCc2cccc(-c3ccccc3)c2Br)c(Cl)cc1CN[C@@H](CO)C(=O)O. The molecule has 3 N–H and O–H groups in total. The number of hydrogen-bond acceptors (Lipinski definition) is 6. The Labute approximate surface area is 228 Å². The first-order chi connectivity index (χ1) is 17.7. The lowest BCUT2D eigenvalue weighted by Crippen LogP contribution is -2.39. The third-order valence-electron chi connectivity index (χ3n) is 5.53. The fraction of sp³-hybridized carbons (Fsp3) is 0.259. The number of carboxylic acids is 1. The van der Waals surface area contributed by atoms with Crippen molar-refractivity contribution in [3.05, 3.63) is 81.3 Å². The average Bonchev–Trinajstić information content (AvgIpc) is 2.88. The maximum Gasteiger partial charge on any atom is 0.323 e. The first-order valence-electron chi connectivity index (χ1n) is 11.4. The number of aliphatic hydroxyl groups excluding tert-OH is 1. The van der Waals surface area contributed by atoms with E-state index in [1.54, 1.807) is 26.2 Å². The minimum absolute atomic E-state index is 0.0354. The Morgan fingerprint density at radius 1 is 1.03 bits per heavy atom. The molecule has 3 rings (SSSR count). The Balaban J connectivity index is 1.84. The standard InChI is InChI=1S/C27H28BrClN2O6/c1-31(2)25(33)16-37-23-12-24(21(29)11-19(23)13-30-22(14-32)27(34)35)36-15-18-9-6-10-20(26(18)28)17-7-4-3-5-8-17/h3-12,22,30,32H,13-16H2,1-2H3,(H,34,35)/t22-/m0/s1. The van der Waals surface area contributed by atoms with Crippen LogP contribution in [0.25, 0.3) is 11.1 Å². The maximum absolute atomic E-state index is 12.1. The van der Waals surface area contributed by atoms with E-state index in [0.717, 1.165) is 21.2 Å². The number of ether oxygens (including phenoxy) is 2. The number of hydrogen-bond donors (Lipinski definition) is 3. The molecule has 0 bridgehead atoms. The number of rotatable bonds is 12. The highest BCUT2D eigenvalue weighted by Crippen LogP contribution is 2.35. The molecule has 0 aliphatic heterocycles. The summed E-state index contributed by atoms with van der Waals surface area (Å²) in [6, 6.07) is 17.9. The monoisotopic (exact) mass is 590 g/mol. The van der Waals surface area contributed by atoms with Gasteiger partial charge in [-0.2, -0.15) is 0 Å². The van der Waals surface area contributed by atoms with Gasteiger partial charge in [-0.25, -0.2) is 0 Å². The van der Waals surface area contributed by atoms with E-state index in [4.69, 9.17) is 21.1 Å². The third-order valence-corrected chi connectivity index (χ3v) is 6.76. The summed E-state index contributed by atoms with van der Waals surface area (Å²) in [4.78, 5) is 24.7. The van der Waals surface area contributed by atoms with Gasteiger partial charge in [-0.05, 0) is 33.1 Å². The fourth-order valence-corrected chi connectivity index (χ4v) is 4.23. The molecule has 0 fully saturated rings. The van der Waals surface area contributed by atoms with E-state index in [1.807, 2.05) is 48.5 Å². The number of aliphatic carboxylic acids is 1. The topological polar surface area (TPSA) is 108 Å². The van der Waals surface area contributed by atoms with Gasteiger partial charge in [-0.3, -0.25) is 14.9 Å². The summed E-state index contributed by atoms with van der Waals surface area (Å²) in [6.45, 7) is -0.571. The van der Waals surface area contributed by atoms with Gasteiger partial charge in [-0.1, -0.05) is 60.1 Å². The Kier molecular flexibility index (Phi) is 10.3. The highest BCUT2D eigenvalue weighted by atomic mass is 79.9. The van der Waals surface area contributed by atoms with E-state index in [2.05, 4.69) is 21.2 Å². The van der Waals surface area contributed by atoms with Crippen molar-refractivity contribution in [3.8, 4) is 22.6 Å². The number of amides is 1. The van der Waals surface area contributed by atoms with Gasteiger partial charge >= 0.3 is 5.97 Å². The molecule has 1 amide bonds. The molecule has 0 radical (unpaired) electrons. The van der Waals surface area contributed by atoms with Crippen molar-refractivity contribution in [2.45, 2.75) is 19.2 Å². The van der Waals surface area contributed by atoms with Crippen LogP contribution in [0.2, 0.25) is 5.02 Å². The van der Waals surface area contributed by atoms with Crippen LogP contribution in [-0.2, 0) is 22.7 Å². The highest BCUT2D eigenvalue weighted by molar-refractivity contribution is 9.10. The molecule has 0 saturated carbocycles. The second kappa shape index (κ2) is 13.4. The normalized spacial score (nSPS) is 11.6. The molecule has 196 valence electrons. The zero-order chi connectivity index (χ0) is 26.9. The molecule has 0 saturated heterocycles. The van der Waals surface area contributed by atoms with Gasteiger partial charge in [-0.15, -0.1) is 0 Å². The van der Waals surface area contributed by atoms with E-state index in [9.17, 15) is 19.8 Å². The molecule has 1 atom stereocenters. The Bertz CT molecular complexity index is 1240. The number of carbonyl (C=O) groups excluding carboxylic acids is 1. The Hall–Kier alpha value is -3.11. The molecule has 0 aliphatic rings. The van der Waals surface area contributed by atoms with Crippen molar-refractivity contribution < 1.29 is 29.3 Å². The van der Waals surface area contributed by atoms with E-state index >= 15 is 0 Å². The van der Waals surface area contributed by atoms with Gasteiger partial charge in [0.2, 0.25) is 0 Å². The predicted octanol–water partition coefficient (Wildman–Crippen LogP) is 4.35. The van der Waals surface area contributed by atoms with Crippen LogP contribution in [-0.4, -0.2) is 60.3 Å². The van der Waals surface area contributed by atoms with Gasteiger partial charge in [0.15, 0.2) is 6.61 Å². The lowest BCUT2D eigenvalue weighted by Gasteiger charge is -2.18. The molecule has 8 nitrogen and oxygen atoms in total. The predicted molar refractivity (Wildman–Crippen MR) is 145 cm³/mol. The number of benzene rings is 3. The molecule has 0 aliphatic carbocycles. The Morgan fingerprint density at radius 3 is 2.41 bits per heavy atom. The number of aliphatic hydroxyl groups is 1. The molecular formula is C27H28BrClN2O6. The summed E-state index contributed by atoms with van der Waals surface area (Å²) < 4.78 is 12.7.